The first-order valence-corrected chi connectivity index (χ1v) is 10.3. The number of amides is 1. The fourth-order valence-corrected chi connectivity index (χ4v) is 3.66. The minimum absolute atomic E-state index is 0.00543. The van der Waals surface area contributed by atoms with Crippen LogP contribution in [-0.4, -0.2) is 21.4 Å². The maximum absolute atomic E-state index is 14.2. The molecule has 156 valence electrons. The van der Waals surface area contributed by atoms with Gasteiger partial charge in [0.25, 0.3) is 5.91 Å². The quantitative estimate of drug-likeness (QED) is 0.596. The molecule has 0 fully saturated rings. The van der Waals surface area contributed by atoms with Gasteiger partial charge in [0.05, 0.1) is 17.6 Å². The summed E-state index contributed by atoms with van der Waals surface area (Å²) >= 11 is 0. The van der Waals surface area contributed by atoms with Crippen LogP contribution in [0.4, 0.5) is 14.5 Å². The standard InChI is InChI=1S/C21H18F2N2O4S/c1-29-17-7-5-14(6-8-17)13-24-30(27,28)18-9-10-20(23)19(12-18)21(26)25-16-4-2-3-15(22)11-16/h2-12,24H,13H2,1H3,(H,25,26). The van der Waals surface area contributed by atoms with Gasteiger partial charge in [0, 0.05) is 12.2 Å². The summed E-state index contributed by atoms with van der Waals surface area (Å²) in [4.78, 5) is 12.1. The highest BCUT2D eigenvalue weighted by Gasteiger charge is 2.19. The number of hydrogen-bond donors (Lipinski definition) is 2. The number of halogens is 2. The summed E-state index contributed by atoms with van der Waals surface area (Å²) in [6.45, 7) is -0.00543. The molecule has 0 aliphatic carbocycles. The van der Waals surface area contributed by atoms with Crippen LogP contribution >= 0.6 is 0 Å². The van der Waals surface area contributed by atoms with Crippen molar-refractivity contribution in [2.24, 2.45) is 0 Å². The molecule has 1 amide bonds. The predicted octanol–water partition coefficient (Wildman–Crippen LogP) is 3.70. The molecular formula is C21H18F2N2O4S. The van der Waals surface area contributed by atoms with Crippen LogP contribution < -0.4 is 14.8 Å². The molecule has 6 nitrogen and oxygen atoms in total. The van der Waals surface area contributed by atoms with E-state index in [1.807, 2.05) is 0 Å². The van der Waals surface area contributed by atoms with Crippen molar-refractivity contribution < 1.29 is 26.7 Å². The van der Waals surface area contributed by atoms with Gasteiger partial charge in [0.15, 0.2) is 0 Å². The van der Waals surface area contributed by atoms with E-state index in [9.17, 15) is 22.0 Å². The summed E-state index contributed by atoms with van der Waals surface area (Å²) in [6.07, 6.45) is 0. The highest BCUT2D eigenvalue weighted by Crippen LogP contribution is 2.18. The lowest BCUT2D eigenvalue weighted by atomic mass is 10.2. The molecule has 0 spiro atoms. The van der Waals surface area contributed by atoms with Gasteiger partial charge in [-0.2, -0.15) is 0 Å². The Morgan fingerprint density at radius 3 is 2.40 bits per heavy atom. The Kier molecular flexibility index (Phi) is 6.43. The zero-order valence-electron chi connectivity index (χ0n) is 15.9. The fraction of sp³-hybridized carbons (Fsp3) is 0.0952. The van der Waals surface area contributed by atoms with Crippen LogP contribution in [0.25, 0.3) is 0 Å². The van der Waals surface area contributed by atoms with E-state index in [0.29, 0.717) is 11.3 Å². The third-order valence-corrected chi connectivity index (χ3v) is 5.60. The van der Waals surface area contributed by atoms with Crippen LogP contribution in [0.1, 0.15) is 15.9 Å². The molecule has 0 aromatic heterocycles. The first-order valence-electron chi connectivity index (χ1n) is 8.77. The molecule has 0 saturated heterocycles. The van der Waals surface area contributed by atoms with Crippen molar-refractivity contribution in [2.75, 3.05) is 12.4 Å². The normalized spacial score (nSPS) is 11.2. The summed E-state index contributed by atoms with van der Waals surface area (Å²) in [7, 11) is -2.49. The van der Waals surface area contributed by atoms with E-state index in [-0.39, 0.29) is 17.1 Å². The van der Waals surface area contributed by atoms with E-state index < -0.39 is 33.1 Å². The summed E-state index contributed by atoms with van der Waals surface area (Å²) in [5.41, 5.74) is 0.322. The van der Waals surface area contributed by atoms with E-state index in [4.69, 9.17) is 4.74 Å². The number of anilines is 1. The lowest BCUT2D eigenvalue weighted by Gasteiger charge is -2.10. The minimum atomic E-state index is -4.01. The van der Waals surface area contributed by atoms with Gasteiger partial charge in [-0.25, -0.2) is 21.9 Å². The Morgan fingerprint density at radius 1 is 1.00 bits per heavy atom. The van der Waals surface area contributed by atoms with Crippen LogP contribution in [0, 0.1) is 11.6 Å². The highest BCUT2D eigenvalue weighted by molar-refractivity contribution is 7.89. The first-order chi connectivity index (χ1) is 14.3. The molecule has 3 aromatic carbocycles. The van der Waals surface area contributed by atoms with E-state index in [2.05, 4.69) is 10.0 Å². The van der Waals surface area contributed by atoms with Crippen molar-refractivity contribution >= 4 is 21.6 Å². The molecule has 3 aromatic rings. The van der Waals surface area contributed by atoms with Gasteiger partial charge in [-0.15, -0.1) is 0 Å². The van der Waals surface area contributed by atoms with Crippen LogP contribution in [0.2, 0.25) is 0 Å². The zero-order chi connectivity index (χ0) is 21.7. The number of carbonyl (C=O) groups is 1. The molecule has 0 saturated carbocycles. The maximum atomic E-state index is 14.2. The van der Waals surface area contributed by atoms with Crippen molar-refractivity contribution in [3.8, 4) is 5.75 Å². The summed E-state index contributed by atoms with van der Waals surface area (Å²) in [5, 5.41) is 2.34. The largest absolute Gasteiger partial charge is 0.497 e. The van der Waals surface area contributed by atoms with E-state index >= 15 is 0 Å². The fourth-order valence-electron chi connectivity index (χ4n) is 2.62. The summed E-state index contributed by atoms with van der Waals surface area (Å²) in [6, 6.07) is 14.7. The molecule has 0 radical (unpaired) electrons. The van der Waals surface area contributed by atoms with Crippen LogP contribution in [0.3, 0.4) is 0 Å². The Morgan fingerprint density at radius 2 is 1.73 bits per heavy atom. The smallest absolute Gasteiger partial charge is 0.258 e. The lowest BCUT2D eigenvalue weighted by molar-refractivity contribution is 0.102. The van der Waals surface area contributed by atoms with Gasteiger partial charge >= 0.3 is 0 Å². The molecule has 2 N–H and O–H groups in total. The Labute approximate surface area is 172 Å². The van der Waals surface area contributed by atoms with E-state index in [1.54, 1.807) is 24.3 Å². The summed E-state index contributed by atoms with van der Waals surface area (Å²) < 4.78 is 60.0. The van der Waals surface area contributed by atoms with Crippen molar-refractivity contribution in [1.29, 1.82) is 0 Å². The highest BCUT2D eigenvalue weighted by atomic mass is 32.2. The zero-order valence-corrected chi connectivity index (χ0v) is 16.7. The molecule has 0 bridgehead atoms. The van der Waals surface area contributed by atoms with Crippen molar-refractivity contribution in [2.45, 2.75) is 11.4 Å². The number of methoxy groups -OCH3 is 1. The molecule has 0 unspecified atom stereocenters. The van der Waals surface area contributed by atoms with Gasteiger partial charge in [0.2, 0.25) is 10.0 Å². The third-order valence-electron chi connectivity index (χ3n) is 4.20. The molecule has 3 rings (SSSR count). The Balaban J connectivity index is 1.77. The first kappa shape index (κ1) is 21.4. The van der Waals surface area contributed by atoms with Gasteiger partial charge in [0.1, 0.15) is 17.4 Å². The second-order valence-corrected chi connectivity index (χ2v) is 8.05. The lowest BCUT2D eigenvalue weighted by Crippen LogP contribution is -2.24. The molecule has 0 aliphatic rings. The van der Waals surface area contributed by atoms with Crippen LogP contribution in [0.5, 0.6) is 5.75 Å². The number of ether oxygens (including phenoxy) is 1. The Bertz CT molecular complexity index is 1170. The van der Waals surface area contributed by atoms with E-state index in [0.717, 1.165) is 24.3 Å². The monoisotopic (exact) mass is 432 g/mol. The topological polar surface area (TPSA) is 84.5 Å². The number of nitrogens with one attached hydrogen (secondary N) is 2. The molecule has 9 heteroatoms. The molecule has 0 atom stereocenters. The summed E-state index contributed by atoms with van der Waals surface area (Å²) in [5.74, 6) is -1.75. The maximum Gasteiger partial charge on any atom is 0.258 e. The number of sulfonamides is 1. The van der Waals surface area contributed by atoms with Crippen molar-refractivity contribution in [1.82, 2.24) is 4.72 Å². The van der Waals surface area contributed by atoms with Gasteiger partial charge in [-0.1, -0.05) is 18.2 Å². The predicted molar refractivity (Wildman–Crippen MR) is 108 cm³/mol. The van der Waals surface area contributed by atoms with Crippen LogP contribution in [0.15, 0.2) is 71.6 Å². The average molecular weight is 432 g/mol. The third kappa shape index (κ3) is 5.19. The second kappa shape index (κ2) is 9.02. The van der Waals surface area contributed by atoms with Gasteiger partial charge in [-0.3, -0.25) is 4.79 Å². The number of hydrogen-bond acceptors (Lipinski definition) is 4. The molecule has 30 heavy (non-hydrogen) atoms. The molecular weight excluding hydrogens is 414 g/mol. The van der Waals surface area contributed by atoms with Crippen molar-refractivity contribution in [3.05, 3.63) is 89.5 Å². The van der Waals surface area contributed by atoms with Gasteiger partial charge in [-0.05, 0) is 54.1 Å². The second-order valence-electron chi connectivity index (χ2n) is 6.28. The number of carbonyl (C=O) groups excluding carboxylic acids is 1. The average Bonchev–Trinajstić information content (AvgIpc) is 2.73. The van der Waals surface area contributed by atoms with E-state index in [1.165, 1.54) is 25.3 Å². The van der Waals surface area contributed by atoms with Gasteiger partial charge < -0.3 is 10.1 Å². The Hall–Kier alpha value is -3.30. The molecule has 0 aliphatic heterocycles. The minimum Gasteiger partial charge on any atom is -0.497 e. The SMILES string of the molecule is COc1ccc(CNS(=O)(=O)c2ccc(F)c(C(=O)Nc3cccc(F)c3)c2)cc1. The molecule has 0 heterocycles. The number of benzene rings is 3. The van der Waals surface area contributed by atoms with Crippen LogP contribution in [-0.2, 0) is 16.6 Å². The van der Waals surface area contributed by atoms with Crippen molar-refractivity contribution in [3.63, 3.8) is 0 Å². The number of rotatable bonds is 7.